The summed E-state index contributed by atoms with van der Waals surface area (Å²) in [6, 6.07) is 0.221. The van der Waals surface area contributed by atoms with E-state index in [1.54, 1.807) is 6.92 Å². The van der Waals surface area contributed by atoms with E-state index < -0.39 is 12.0 Å². The first-order valence-corrected chi connectivity index (χ1v) is 13.0. The average Bonchev–Trinajstić information content (AvgIpc) is 3.36. The molecule has 8 nitrogen and oxygen atoms in total. The summed E-state index contributed by atoms with van der Waals surface area (Å²) >= 11 is 1.52. The number of hydrogen-bond acceptors (Lipinski definition) is 8. The fraction of sp³-hybridized carbons (Fsp3) is 0.739. The van der Waals surface area contributed by atoms with Gasteiger partial charge in [-0.1, -0.05) is 16.5 Å². The molecule has 0 atom stereocenters. The second kappa shape index (κ2) is 9.85. The standard InChI is InChI=1S/C23H31F2N5O3S/c1-14-26-20(29-33-14)10-21(31)27-16-4-2-15(3-5-16)6-8-30-9-7-19-18(13-30)28-22(34-19)32-17-11-23(24,25)12-17/h15-17H,2-13H2,1H3,(H,27,31). The third-order valence-corrected chi connectivity index (χ3v) is 8.11. The number of thiazole rings is 1. The number of nitrogens with zero attached hydrogens (tertiary/aromatic N) is 4. The van der Waals surface area contributed by atoms with E-state index in [0.29, 0.717) is 22.8 Å². The minimum atomic E-state index is -2.57. The number of amides is 1. The molecule has 3 aliphatic rings. The maximum absolute atomic E-state index is 13.0. The van der Waals surface area contributed by atoms with Gasteiger partial charge in [0, 0.05) is 43.8 Å². The van der Waals surface area contributed by atoms with Crippen molar-refractivity contribution in [3.8, 4) is 5.19 Å². The molecule has 2 aromatic rings. The lowest BCUT2D eigenvalue weighted by molar-refractivity contribution is -0.134. The van der Waals surface area contributed by atoms with Crippen molar-refractivity contribution < 1.29 is 22.8 Å². The Labute approximate surface area is 201 Å². The van der Waals surface area contributed by atoms with Gasteiger partial charge >= 0.3 is 0 Å². The number of alkyl halides is 2. The summed E-state index contributed by atoms with van der Waals surface area (Å²) in [5.74, 6) is -1.05. The van der Waals surface area contributed by atoms with Gasteiger partial charge in [-0.2, -0.15) is 4.98 Å². The molecule has 11 heteroatoms. The van der Waals surface area contributed by atoms with Crippen LogP contribution in [0.3, 0.4) is 0 Å². The minimum absolute atomic E-state index is 0.0500. The number of carbonyl (C=O) groups excluding carboxylic acids is 1. The third kappa shape index (κ3) is 5.91. The number of aromatic nitrogens is 3. The molecule has 0 bridgehead atoms. The van der Waals surface area contributed by atoms with Crippen molar-refractivity contribution in [1.82, 2.24) is 25.3 Å². The summed E-state index contributed by atoms with van der Waals surface area (Å²) in [5, 5.41) is 7.43. The molecule has 2 aromatic heterocycles. The summed E-state index contributed by atoms with van der Waals surface area (Å²) in [5.41, 5.74) is 1.04. The SMILES string of the molecule is Cc1nc(CC(=O)NC2CCC(CCN3CCc4sc(OC5CC(F)(F)C5)nc4C3)CC2)no1. The summed E-state index contributed by atoms with van der Waals surface area (Å²) in [4.78, 5) is 24.6. The van der Waals surface area contributed by atoms with Crippen molar-refractivity contribution in [2.75, 3.05) is 13.1 Å². The Morgan fingerprint density at radius 3 is 2.76 bits per heavy atom. The van der Waals surface area contributed by atoms with Gasteiger partial charge in [0.25, 0.3) is 11.1 Å². The fourth-order valence-corrected chi connectivity index (χ4v) is 6.07. The molecule has 0 aromatic carbocycles. The van der Waals surface area contributed by atoms with E-state index in [9.17, 15) is 13.6 Å². The quantitative estimate of drug-likeness (QED) is 0.597. The van der Waals surface area contributed by atoms with Crippen LogP contribution in [0.15, 0.2) is 4.52 Å². The highest BCUT2D eigenvalue weighted by atomic mass is 32.1. The number of carbonyl (C=O) groups is 1. The van der Waals surface area contributed by atoms with E-state index in [1.807, 2.05) is 0 Å². The summed E-state index contributed by atoms with van der Waals surface area (Å²) in [6.45, 7) is 4.54. The van der Waals surface area contributed by atoms with Crippen LogP contribution in [-0.2, 0) is 24.2 Å². The first kappa shape index (κ1) is 23.6. The van der Waals surface area contributed by atoms with Crippen molar-refractivity contribution in [2.45, 2.75) is 89.3 Å². The van der Waals surface area contributed by atoms with Crippen molar-refractivity contribution in [3.63, 3.8) is 0 Å². The Hall–Kier alpha value is -2.14. The molecule has 5 rings (SSSR count). The molecule has 0 spiro atoms. The Morgan fingerprint density at radius 1 is 1.26 bits per heavy atom. The van der Waals surface area contributed by atoms with Gasteiger partial charge in [-0.25, -0.2) is 13.8 Å². The van der Waals surface area contributed by atoms with Crippen LogP contribution in [0.1, 0.15) is 67.2 Å². The van der Waals surface area contributed by atoms with E-state index in [-0.39, 0.29) is 31.2 Å². The minimum Gasteiger partial charge on any atom is -0.466 e. The Bertz CT molecular complexity index is 997. The van der Waals surface area contributed by atoms with Gasteiger partial charge in [-0.15, -0.1) is 0 Å². The van der Waals surface area contributed by atoms with Crippen LogP contribution in [0.25, 0.3) is 0 Å². The van der Waals surface area contributed by atoms with E-state index in [2.05, 4.69) is 25.3 Å². The molecule has 0 unspecified atom stereocenters. The van der Waals surface area contributed by atoms with Crippen LogP contribution >= 0.6 is 11.3 Å². The van der Waals surface area contributed by atoms with E-state index in [0.717, 1.165) is 63.9 Å². The third-order valence-electron chi connectivity index (χ3n) is 7.06. The molecule has 0 saturated heterocycles. The summed E-state index contributed by atoms with van der Waals surface area (Å²) in [6.07, 6.45) is 5.67. The molecule has 1 aliphatic heterocycles. The Kier molecular flexibility index (Phi) is 6.83. The second-order valence-electron chi connectivity index (χ2n) is 9.86. The normalized spacial score (nSPS) is 24.9. The van der Waals surface area contributed by atoms with E-state index >= 15 is 0 Å². The van der Waals surface area contributed by atoms with Crippen molar-refractivity contribution in [2.24, 2.45) is 5.92 Å². The molecule has 2 saturated carbocycles. The van der Waals surface area contributed by atoms with Crippen LogP contribution in [0.5, 0.6) is 5.19 Å². The lowest BCUT2D eigenvalue weighted by atomic mass is 9.84. The number of aryl methyl sites for hydroxylation is 1. The van der Waals surface area contributed by atoms with Gasteiger partial charge < -0.3 is 14.6 Å². The number of nitrogens with one attached hydrogen (secondary N) is 1. The maximum Gasteiger partial charge on any atom is 0.273 e. The first-order chi connectivity index (χ1) is 16.3. The van der Waals surface area contributed by atoms with Crippen molar-refractivity contribution >= 4 is 17.2 Å². The van der Waals surface area contributed by atoms with Crippen molar-refractivity contribution in [3.05, 3.63) is 22.3 Å². The van der Waals surface area contributed by atoms with E-state index in [1.165, 1.54) is 16.2 Å². The zero-order valence-electron chi connectivity index (χ0n) is 19.4. The molecular weight excluding hydrogens is 464 g/mol. The van der Waals surface area contributed by atoms with Crippen LogP contribution < -0.4 is 10.1 Å². The van der Waals surface area contributed by atoms with Gasteiger partial charge in [-0.05, 0) is 51.0 Å². The van der Waals surface area contributed by atoms with Crippen LogP contribution in [-0.4, -0.2) is 57.1 Å². The number of halogens is 2. The monoisotopic (exact) mass is 495 g/mol. The lowest BCUT2D eigenvalue weighted by Gasteiger charge is -2.33. The molecule has 186 valence electrons. The topological polar surface area (TPSA) is 93.4 Å². The molecule has 2 fully saturated rings. The summed E-state index contributed by atoms with van der Waals surface area (Å²) < 4.78 is 36.7. The lowest BCUT2D eigenvalue weighted by Crippen LogP contribution is -2.43. The highest BCUT2D eigenvalue weighted by Crippen LogP contribution is 2.41. The van der Waals surface area contributed by atoms with Gasteiger partial charge in [0.1, 0.15) is 6.10 Å². The fourth-order valence-electron chi connectivity index (χ4n) is 5.10. The van der Waals surface area contributed by atoms with Gasteiger partial charge in [0.05, 0.1) is 12.1 Å². The average molecular weight is 496 g/mol. The number of hydrogen-bond donors (Lipinski definition) is 1. The zero-order chi connectivity index (χ0) is 23.7. The predicted octanol–water partition coefficient (Wildman–Crippen LogP) is 3.68. The Morgan fingerprint density at radius 2 is 2.06 bits per heavy atom. The predicted molar refractivity (Wildman–Crippen MR) is 121 cm³/mol. The van der Waals surface area contributed by atoms with Crippen LogP contribution in [0, 0.1) is 12.8 Å². The van der Waals surface area contributed by atoms with Gasteiger partial charge in [0.2, 0.25) is 11.8 Å². The largest absolute Gasteiger partial charge is 0.466 e. The molecule has 3 heterocycles. The zero-order valence-corrected chi connectivity index (χ0v) is 20.2. The smallest absolute Gasteiger partial charge is 0.273 e. The molecular formula is C23H31F2N5O3S. The van der Waals surface area contributed by atoms with Crippen LogP contribution in [0.4, 0.5) is 8.78 Å². The Balaban J connectivity index is 1.00. The first-order valence-electron chi connectivity index (χ1n) is 12.2. The highest BCUT2D eigenvalue weighted by Gasteiger charge is 2.47. The number of fused-ring (bicyclic) bond motifs is 1. The van der Waals surface area contributed by atoms with Crippen LogP contribution in [0.2, 0.25) is 0 Å². The van der Waals surface area contributed by atoms with E-state index in [4.69, 9.17) is 9.26 Å². The number of rotatable bonds is 8. The second-order valence-corrected chi connectivity index (χ2v) is 10.9. The highest BCUT2D eigenvalue weighted by molar-refractivity contribution is 7.13. The number of ether oxygens (including phenoxy) is 1. The van der Waals surface area contributed by atoms with Gasteiger partial charge in [-0.3, -0.25) is 9.69 Å². The molecule has 2 aliphatic carbocycles. The molecule has 1 N–H and O–H groups in total. The molecule has 1 amide bonds. The molecule has 34 heavy (non-hydrogen) atoms. The maximum atomic E-state index is 13.0. The van der Waals surface area contributed by atoms with Gasteiger partial charge in [0.15, 0.2) is 5.82 Å². The summed E-state index contributed by atoms with van der Waals surface area (Å²) in [7, 11) is 0. The molecule has 0 radical (unpaired) electrons. The van der Waals surface area contributed by atoms with Crippen molar-refractivity contribution in [1.29, 1.82) is 0 Å².